The van der Waals surface area contributed by atoms with E-state index in [2.05, 4.69) is 33.9 Å². The summed E-state index contributed by atoms with van der Waals surface area (Å²) in [5, 5.41) is 3.48. The number of carbonyl (C=O) groups is 1. The molecular formula is C16H22N4O2. The van der Waals surface area contributed by atoms with Crippen LogP contribution in [0, 0.1) is 6.92 Å². The number of fused-ring (bicyclic) bond motifs is 1. The number of aryl methyl sites for hydroxylation is 1. The molecule has 118 valence electrons. The maximum absolute atomic E-state index is 11.7. The van der Waals surface area contributed by atoms with E-state index in [4.69, 9.17) is 4.74 Å². The first-order chi connectivity index (χ1) is 10.7. The van der Waals surface area contributed by atoms with E-state index in [-0.39, 0.29) is 6.09 Å². The Kier molecular flexibility index (Phi) is 4.29. The van der Waals surface area contributed by atoms with E-state index >= 15 is 0 Å². The number of likely N-dealkylation sites (tertiary alicyclic amines) is 1. The number of imidazole rings is 1. The van der Waals surface area contributed by atoms with Gasteiger partial charge in [0.05, 0.1) is 12.3 Å². The topological polar surface area (TPSA) is 58.9 Å². The van der Waals surface area contributed by atoms with Gasteiger partial charge in [-0.05, 0) is 32.4 Å². The molecule has 3 heterocycles. The average molecular weight is 302 g/mol. The summed E-state index contributed by atoms with van der Waals surface area (Å²) < 4.78 is 7.13. The van der Waals surface area contributed by atoms with Gasteiger partial charge in [-0.15, -0.1) is 0 Å². The summed E-state index contributed by atoms with van der Waals surface area (Å²) in [6, 6.07) is 6.40. The molecule has 0 radical (unpaired) electrons. The number of ether oxygens (including phenoxy) is 1. The summed E-state index contributed by atoms with van der Waals surface area (Å²) in [6.07, 6.45) is 2.80. The summed E-state index contributed by atoms with van der Waals surface area (Å²) in [4.78, 5) is 18.1. The molecule has 0 saturated carbocycles. The minimum absolute atomic E-state index is 0.213. The van der Waals surface area contributed by atoms with Gasteiger partial charge < -0.3 is 19.4 Å². The lowest BCUT2D eigenvalue weighted by Gasteiger charge is -2.16. The molecule has 0 bridgehead atoms. The van der Waals surface area contributed by atoms with Crippen molar-refractivity contribution in [1.29, 1.82) is 0 Å². The van der Waals surface area contributed by atoms with E-state index in [9.17, 15) is 4.79 Å². The van der Waals surface area contributed by atoms with Crippen LogP contribution < -0.4 is 5.32 Å². The largest absolute Gasteiger partial charge is 0.450 e. The zero-order chi connectivity index (χ0) is 15.5. The zero-order valence-electron chi connectivity index (χ0n) is 13.1. The van der Waals surface area contributed by atoms with Crippen molar-refractivity contribution in [1.82, 2.24) is 19.6 Å². The predicted molar refractivity (Wildman–Crippen MR) is 83.8 cm³/mol. The third-order valence-electron chi connectivity index (χ3n) is 4.03. The number of aromatic nitrogens is 2. The Morgan fingerprint density at radius 2 is 2.36 bits per heavy atom. The van der Waals surface area contributed by atoms with Crippen molar-refractivity contribution in [3.8, 4) is 0 Å². The van der Waals surface area contributed by atoms with Crippen LogP contribution in [0.15, 0.2) is 24.4 Å². The molecule has 0 spiro atoms. The fourth-order valence-corrected chi connectivity index (χ4v) is 2.84. The Morgan fingerprint density at radius 3 is 3.14 bits per heavy atom. The first-order valence-electron chi connectivity index (χ1n) is 7.76. The fraction of sp³-hybridized carbons (Fsp3) is 0.500. The maximum Gasteiger partial charge on any atom is 0.409 e. The summed E-state index contributed by atoms with van der Waals surface area (Å²) in [5.41, 5.74) is 3.16. The van der Waals surface area contributed by atoms with Gasteiger partial charge >= 0.3 is 6.09 Å². The molecule has 1 aliphatic heterocycles. The van der Waals surface area contributed by atoms with Crippen LogP contribution in [0.1, 0.15) is 24.7 Å². The van der Waals surface area contributed by atoms with Gasteiger partial charge in [0.15, 0.2) is 0 Å². The molecule has 6 nitrogen and oxygen atoms in total. The number of nitrogens with one attached hydrogen (secondary N) is 1. The molecule has 0 aliphatic carbocycles. The second-order valence-corrected chi connectivity index (χ2v) is 5.64. The number of carbonyl (C=O) groups excluding carboxylic acids is 1. The van der Waals surface area contributed by atoms with Crippen LogP contribution in [-0.2, 0) is 11.3 Å². The number of hydrogen-bond acceptors (Lipinski definition) is 4. The molecule has 2 aromatic rings. The lowest BCUT2D eigenvalue weighted by molar-refractivity contribution is 0.115. The van der Waals surface area contributed by atoms with Gasteiger partial charge in [0.2, 0.25) is 0 Å². The molecule has 1 N–H and O–H groups in total. The zero-order valence-corrected chi connectivity index (χ0v) is 13.1. The minimum Gasteiger partial charge on any atom is -0.450 e. The van der Waals surface area contributed by atoms with Crippen molar-refractivity contribution in [3.05, 3.63) is 35.8 Å². The molecule has 0 unspecified atom stereocenters. The van der Waals surface area contributed by atoms with E-state index in [0.29, 0.717) is 25.7 Å². The van der Waals surface area contributed by atoms with E-state index in [1.165, 1.54) is 5.69 Å². The number of rotatable bonds is 4. The molecule has 22 heavy (non-hydrogen) atoms. The first-order valence-corrected chi connectivity index (χ1v) is 7.76. The Morgan fingerprint density at radius 1 is 1.50 bits per heavy atom. The van der Waals surface area contributed by atoms with Gasteiger partial charge in [-0.3, -0.25) is 0 Å². The molecule has 1 aliphatic rings. The van der Waals surface area contributed by atoms with E-state index in [1.54, 1.807) is 4.90 Å². The van der Waals surface area contributed by atoms with E-state index in [1.807, 2.05) is 19.1 Å². The highest BCUT2D eigenvalue weighted by Crippen LogP contribution is 2.12. The van der Waals surface area contributed by atoms with Crippen molar-refractivity contribution in [2.45, 2.75) is 32.9 Å². The summed E-state index contributed by atoms with van der Waals surface area (Å²) in [5.74, 6) is 0. The van der Waals surface area contributed by atoms with Crippen LogP contribution in [0.3, 0.4) is 0 Å². The Bertz CT molecular complexity index is 667. The molecule has 0 aromatic carbocycles. The standard InChI is InChI=1S/C16H22N4O2/c1-3-22-16(21)19-8-7-13(10-19)17-9-14-11-20-12(2)5-4-6-15(20)18-14/h4-6,11,13,17H,3,7-10H2,1-2H3/t13-/m1/s1. The minimum atomic E-state index is -0.213. The van der Waals surface area contributed by atoms with Gasteiger partial charge in [0, 0.05) is 37.6 Å². The van der Waals surface area contributed by atoms with Crippen LogP contribution >= 0.6 is 0 Å². The second-order valence-electron chi connectivity index (χ2n) is 5.64. The first kappa shape index (κ1) is 14.8. The lowest BCUT2D eigenvalue weighted by atomic mass is 10.2. The molecule has 6 heteroatoms. The van der Waals surface area contributed by atoms with Crippen molar-refractivity contribution in [2.75, 3.05) is 19.7 Å². The van der Waals surface area contributed by atoms with Crippen LogP contribution in [0.5, 0.6) is 0 Å². The van der Waals surface area contributed by atoms with Gasteiger partial charge in [0.1, 0.15) is 5.65 Å². The highest BCUT2D eigenvalue weighted by Gasteiger charge is 2.26. The number of amides is 1. The Hall–Kier alpha value is -2.08. The van der Waals surface area contributed by atoms with Gasteiger partial charge in [-0.25, -0.2) is 9.78 Å². The van der Waals surface area contributed by atoms with Gasteiger partial charge in [-0.2, -0.15) is 0 Å². The number of hydrogen-bond donors (Lipinski definition) is 1. The summed E-state index contributed by atoms with van der Waals surface area (Å²) in [7, 11) is 0. The van der Waals surface area contributed by atoms with Crippen LogP contribution in [0.25, 0.3) is 5.65 Å². The molecule has 1 amide bonds. The number of pyridine rings is 1. The molecule has 2 aromatic heterocycles. The normalized spacial score (nSPS) is 18.1. The van der Waals surface area contributed by atoms with Gasteiger partial charge in [-0.1, -0.05) is 6.07 Å². The van der Waals surface area contributed by atoms with Crippen LogP contribution in [-0.4, -0.2) is 46.1 Å². The summed E-state index contributed by atoms with van der Waals surface area (Å²) in [6.45, 7) is 6.48. The van der Waals surface area contributed by atoms with Crippen LogP contribution in [0.4, 0.5) is 4.79 Å². The Balaban J connectivity index is 1.56. The summed E-state index contributed by atoms with van der Waals surface area (Å²) >= 11 is 0. The lowest BCUT2D eigenvalue weighted by Crippen LogP contribution is -2.35. The third kappa shape index (κ3) is 3.06. The predicted octanol–water partition coefficient (Wildman–Crippen LogP) is 1.96. The van der Waals surface area contributed by atoms with Crippen LogP contribution in [0.2, 0.25) is 0 Å². The fourth-order valence-electron chi connectivity index (χ4n) is 2.84. The van der Waals surface area contributed by atoms with E-state index in [0.717, 1.165) is 24.3 Å². The Labute approximate surface area is 130 Å². The maximum atomic E-state index is 11.7. The monoisotopic (exact) mass is 302 g/mol. The van der Waals surface area contributed by atoms with Crippen molar-refractivity contribution in [2.24, 2.45) is 0 Å². The van der Waals surface area contributed by atoms with Crippen molar-refractivity contribution in [3.63, 3.8) is 0 Å². The number of nitrogens with zero attached hydrogens (tertiary/aromatic N) is 3. The van der Waals surface area contributed by atoms with Gasteiger partial charge in [0.25, 0.3) is 0 Å². The smallest absolute Gasteiger partial charge is 0.409 e. The third-order valence-corrected chi connectivity index (χ3v) is 4.03. The highest BCUT2D eigenvalue weighted by molar-refractivity contribution is 5.68. The SMILES string of the molecule is CCOC(=O)N1CC[C@@H](NCc2cn3c(C)cccc3n2)C1. The highest BCUT2D eigenvalue weighted by atomic mass is 16.6. The molecular weight excluding hydrogens is 280 g/mol. The quantitative estimate of drug-likeness (QED) is 0.938. The molecule has 1 atom stereocenters. The molecule has 3 rings (SSSR count). The van der Waals surface area contributed by atoms with E-state index < -0.39 is 0 Å². The second kappa shape index (κ2) is 6.36. The van der Waals surface area contributed by atoms with Crippen molar-refractivity contribution >= 4 is 11.7 Å². The average Bonchev–Trinajstić information content (AvgIpc) is 3.12. The molecule has 1 saturated heterocycles. The molecule has 1 fully saturated rings. The van der Waals surface area contributed by atoms with Crippen molar-refractivity contribution < 1.29 is 9.53 Å².